The van der Waals surface area contributed by atoms with Crippen LogP contribution in [0.2, 0.25) is 0 Å². The molecule has 2 aromatic heterocycles. The summed E-state index contributed by atoms with van der Waals surface area (Å²) in [6.45, 7) is 0.864. The summed E-state index contributed by atoms with van der Waals surface area (Å²) in [6, 6.07) is 6.66. The largest absolute Gasteiger partial charge is 0.487 e. The van der Waals surface area contributed by atoms with Gasteiger partial charge in [-0.05, 0) is 36.8 Å². The average molecular weight is 507 g/mol. The molecule has 0 radical (unpaired) electrons. The molecule has 3 N–H and O–H groups in total. The summed E-state index contributed by atoms with van der Waals surface area (Å²) in [5, 5.41) is 15.3. The highest BCUT2D eigenvalue weighted by Crippen LogP contribution is 2.29. The van der Waals surface area contributed by atoms with Crippen molar-refractivity contribution in [3.05, 3.63) is 60.3 Å². The number of anilines is 3. The summed E-state index contributed by atoms with van der Waals surface area (Å²) < 4.78 is 31.4. The summed E-state index contributed by atoms with van der Waals surface area (Å²) in [5.74, 6) is -0.806. The minimum Gasteiger partial charge on any atom is -0.420 e. The Morgan fingerprint density at radius 1 is 1.20 bits per heavy atom. The van der Waals surface area contributed by atoms with E-state index < -0.39 is 23.5 Å². The van der Waals surface area contributed by atoms with Gasteiger partial charge in [0.2, 0.25) is 0 Å². The zero-order valence-electron chi connectivity index (χ0n) is 18.4. The van der Waals surface area contributed by atoms with Gasteiger partial charge < -0.3 is 29.9 Å². The SMILES string of the molecule is Cn1cnc(C(=O)Nc2cc(C(=O)Nc3ccc(OC(F)(F)Cl)cc3)cnc2N2CCC(O)C2)c1. The lowest BCUT2D eigenvalue weighted by Crippen LogP contribution is -2.25. The molecule has 0 spiro atoms. The molecule has 0 bridgehead atoms. The molecule has 1 unspecified atom stereocenters. The lowest BCUT2D eigenvalue weighted by molar-refractivity contribution is -0.0964. The van der Waals surface area contributed by atoms with Crippen LogP contribution in [0.25, 0.3) is 0 Å². The van der Waals surface area contributed by atoms with Gasteiger partial charge in [0.1, 0.15) is 11.4 Å². The number of carbonyl (C=O) groups excluding carboxylic acids is 2. The van der Waals surface area contributed by atoms with Gasteiger partial charge in [-0.3, -0.25) is 9.59 Å². The van der Waals surface area contributed by atoms with Gasteiger partial charge in [0.25, 0.3) is 11.8 Å². The Bertz CT molecular complexity index is 1230. The third-order valence-electron chi connectivity index (χ3n) is 5.12. The van der Waals surface area contributed by atoms with Crippen LogP contribution in [0.3, 0.4) is 0 Å². The van der Waals surface area contributed by atoms with Crippen LogP contribution in [0.4, 0.5) is 26.0 Å². The molecule has 1 aliphatic rings. The Hall–Kier alpha value is -3.77. The maximum atomic E-state index is 12.8. The van der Waals surface area contributed by atoms with Gasteiger partial charge in [0, 0.05) is 49.8 Å². The van der Waals surface area contributed by atoms with Crippen molar-refractivity contribution in [1.82, 2.24) is 14.5 Å². The van der Waals surface area contributed by atoms with Crippen molar-refractivity contribution < 1.29 is 28.2 Å². The number of hydrogen-bond donors (Lipinski definition) is 3. The fraction of sp³-hybridized carbons (Fsp3) is 0.273. The zero-order chi connectivity index (χ0) is 25.2. The quantitative estimate of drug-likeness (QED) is 0.421. The molecule has 0 aliphatic carbocycles. The number of benzene rings is 1. The van der Waals surface area contributed by atoms with E-state index in [1.807, 2.05) is 4.90 Å². The molecular weight excluding hydrogens is 486 g/mol. The number of aliphatic hydroxyl groups is 1. The normalized spacial score (nSPS) is 15.7. The van der Waals surface area contributed by atoms with E-state index in [0.29, 0.717) is 31.0 Å². The highest BCUT2D eigenvalue weighted by molar-refractivity contribution is 6.20. The summed E-state index contributed by atoms with van der Waals surface area (Å²) in [7, 11) is 1.73. The molecule has 1 aliphatic heterocycles. The predicted molar refractivity (Wildman–Crippen MR) is 124 cm³/mol. The van der Waals surface area contributed by atoms with E-state index >= 15 is 0 Å². The monoisotopic (exact) mass is 506 g/mol. The number of nitrogens with zero attached hydrogens (tertiary/aromatic N) is 4. The van der Waals surface area contributed by atoms with Crippen molar-refractivity contribution >= 4 is 40.6 Å². The Morgan fingerprint density at radius 2 is 1.94 bits per heavy atom. The smallest absolute Gasteiger partial charge is 0.420 e. The molecule has 4 rings (SSSR count). The fourth-order valence-electron chi connectivity index (χ4n) is 3.52. The van der Waals surface area contributed by atoms with Crippen molar-refractivity contribution in [3.63, 3.8) is 0 Å². The number of alkyl halides is 3. The molecule has 35 heavy (non-hydrogen) atoms. The van der Waals surface area contributed by atoms with E-state index in [4.69, 9.17) is 11.6 Å². The molecule has 3 aromatic rings. The molecule has 0 saturated carbocycles. The third-order valence-corrected chi connectivity index (χ3v) is 5.20. The first-order valence-electron chi connectivity index (χ1n) is 10.5. The summed E-state index contributed by atoms with van der Waals surface area (Å²) >= 11 is 4.75. The standard InChI is InChI=1S/C22H21ClF2N6O4/c1-30-11-18(27-12-30)21(34)29-17-8-13(9-26-19(17)31-7-6-15(32)10-31)20(33)28-14-2-4-16(5-3-14)35-22(23,24)25/h2-5,8-9,11-12,15,32H,6-7,10H2,1H3,(H,28,33)(H,29,34). The molecule has 1 atom stereocenters. The molecule has 184 valence electrons. The highest BCUT2D eigenvalue weighted by atomic mass is 35.5. The van der Waals surface area contributed by atoms with E-state index in [-0.39, 0.29) is 22.7 Å². The predicted octanol–water partition coefficient (Wildman–Crippen LogP) is 3.06. The third kappa shape index (κ3) is 6.22. The number of aryl methyl sites for hydroxylation is 1. The van der Waals surface area contributed by atoms with Gasteiger partial charge in [-0.25, -0.2) is 9.97 Å². The van der Waals surface area contributed by atoms with Crippen molar-refractivity contribution in [2.75, 3.05) is 28.6 Å². The van der Waals surface area contributed by atoms with Crippen molar-refractivity contribution in [1.29, 1.82) is 0 Å². The number of nitrogens with one attached hydrogen (secondary N) is 2. The van der Waals surface area contributed by atoms with Crippen LogP contribution in [0.5, 0.6) is 5.75 Å². The second kappa shape index (κ2) is 9.84. The number of imidazole rings is 1. The van der Waals surface area contributed by atoms with E-state index in [1.54, 1.807) is 17.8 Å². The fourth-order valence-corrected chi connectivity index (χ4v) is 3.61. The number of ether oxygens (including phenoxy) is 1. The number of carbonyl (C=O) groups is 2. The van der Waals surface area contributed by atoms with Gasteiger partial charge in [0.05, 0.1) is 23.7 Å². The number of halogens is 3. The maximum Gasteiger partial charge on any atom is 0.487 e. The van der Waals surface area contributed by atoms with Gasteiger partial charge in [0.15, 0.2) is 5.82 Å². The van der Waals surface area contributed by atoms with Crippen LogP contribution in [0.15, 0.2) is 49.1 Å². The van der Waals surface area contributed by atoms with Crippen LogP contribution in [0, 0.1) is 0 Å². The minimum atomic E-state index is -3.85. The molecule has 3 heterocycles. The zero-order valence-corrected chi connectivity index (χ0v) is 19.2. The Labute approximate surface area is 203 Å². The van der Waals surface area contributed by atoms with Gasteiger partial charge in [-0.15, -0.1) is 8.78 Å². The second-order valence-corrected chi connectivity index (χ2v) is 8.33. The Kier molecular flexibility index (Phi) is 6.85. The van der Waals surface area contributed by atoms with Crippen LogP contribution in [-0.4, -0.2) is 56.2 Å². The number of hydrogen-bond acceptors (Lipinski definition) is 7. The van der Waals surface area contributed by atoms with Gasteiger partial charge in [-0.1, -0.05) is 0 Å². The van der Waals surface area contributed by atoms with Gasteiger partial charge >= 0.3 is 5.57 Å². The Balaban J connectivity index is 1.55. The van der Waals surface area contributed by atoms with Crippen molar-refractivity contribution in [3.8, 4) is 5.75 Å². The van der Waals surface area contributed by atoms with Crippen LogP contribution in [0.1, 0.15) is 27.3 Å². The number of pyridine rings is 1. The first-order valence-corrected chi connectivity index (χ1v) is 10.8. The highest BCUT2D eigenvalue weighted by Gasteiger charge is 2.28. The van der Waals surface area contributed by atoms with Crippen LogP contribution >= 0.6 is 11.6 Å². The topological polar surface area (TPSA) is 122 Å². The molecule has 2 amide bonds. The summed E-state index contributed by atoms with van der Waals surface area (Å²) in [6.07, 6.45) is 4.40. The average Bonchev–Trinajstić information content (AvgIpc) is 3.42. The lowest BCUT2D eigenvalue weighted by atomic mass is 10.2. The first kappa shape index (κ1) is 24.4. The lowest BCUT2D eigenvalue weighted by Gasteiger charge is -2.21. The van der Waals surface area contributed by atoms with Gasteiger partial charge in [-0.2, -0.15) is 0 Å². The second-order valence-electron chi connectivity index (χ2n) is 7.89. The minimum absolute atomic E-state index is 0.137. The number of aromatic nitrogens is 3. The molecule has 1 saturated heterocycles. The molecule has 10 nitrogen and oxygen atoms in total. The van der Waals surface area contributed by atoms with E-state index in [1.165, 1.54) is 42.9 Å². The van der Waals surface area contributed by atoms with E-state index in [9.17, 15) is 23.5 Å². The van der Waals surface area contributed by atoms with Crippen molar-refractivity contribution in [2.45, 2.75) is 18.1 Å². The Morgan fingerprint density at radius 3 is 2.54 bits per heavy atom. The molecule has 13 heteroatoms. The van der Waals surface area contributed by atoms with Crippen molar-refractivity contribution in [2.24, 2.45) is 7.05 Å². The summed E-state index contributed by atoms with van der Waals surface area (Å²) in [4.78, 5) is 35.7. The first-order chi connectivity index (χ1) is 16.6. The van der Waals surface area contributed by atoms with Crippen LogP contribution in [-0.2, 0) is 7.05 Å². The molecular formula is C22H21ClF2N6O4. The summed E-state index contributed by atoms with van der Waals surface area (Å²) in [5.41, 5.74) is -2.95. The van der Waals surface area contributed by atoms with E-state index in [2.05, 4.69) is 25.3 Å². The molecule has 1 aromatic carbocycles. The van der Waals surface area contributed by atoms with Crippen LogP contribution < -0.4 is 20.3 Å². The number of aliphatic hydroxyl groups excluding tert-OH is 1. The number of amides is 2. The number of rotatable bonds is 7. The number of β-amino-alcohol motifs (C(OH)–C–C–N with tert-alkyl or cyclic N) is 1. The maximum absolute atomic E-state index is 12.8. The molecule has 1 fully saturated rings. The van der Waals surface area contributed by atoms with E-state index in [0.717, 1.165) is 0 Å².